The molecule has 3 N–H and O–H groups in total. The van der Waals surface area contributed by atoms with Crippen molar-refractivity contribution in [3.8, 4) is 0 Å². The van der Waals surface area contributed by atoms with E-state index in [4.69, 9.17) is 5.73 Å². The van der Waals surface area contributed by atoms with Crippen molar-refractivity contribution >= 4 is 17.7 Å². The first-order chi connectivity index (χ1) is 13.2. The highest BCUT2D eigenvalue weighted by Gasteiger charge is 2.37. The maximum Gasteiger partial charge on any atom is 0.237 e. The van der Waals surface area contributed by atoms with Crippen molar-refractivity contribution in [2.75, 3.05) is 12.8 Å². The van der Waals surface area contributed by atoms with Crippen LogP contribution >= 0.6 is 11.8 Å². The third kappa shape index (κ3) is 4.07. The fraction of sp³-hybridized carbons (Fsp3) is 0.174. The van der Waals surface area contributed by atoms with E-state index in [9.17, 15) is 4.79 Å². The molecule has 1 atom stereocenters. The summed E-state index contributed by atoms with van der Waals surface area (Å²) in [6, 6.07) is 30.6. The molecule has 1 amide bonds. The molecule has 0 radical (unpaired) electrons. The summed E-state index contributed by atoms with van der Waals surface area (Å²) in [6.07, 6.45) is 0. The summed E-state index contributed by atoms with van der Waals surface area (Å²) >= 11 is 1.69. The molecule has 3 aromatic rings. The van der Waals surface area contributed by atoms with Crippen LogP contribution in [0.5, 0.6) is 0 Å². The van der Waals surface area contributed by atoms with Gasteiger partial charge in [0.25, 0.3) is 0 Å². The number of nitrogens with one attached hydrogen (secondary N) is 1. The Labute approximate surface area is 165 Å². The lowest BCUT2D eigenvalue weighted by molar-refractivity contribution is -0.121. The Morgan fingerprint density at radius 1 is 0.852 bits per heavy atom. The summed E-state index contributed by atoms with van der Waals surface area (Å²) in [4.78, 5) is 12.0. The largest absolute Gasteiger partial charge is 0.358 e. The molecule has 0 spiro atoms. The van der Waals surface area contributed by atoms with Crippen LogP contribution in [-0.4, -0.2) is 24.7 Å². The van der Waals surface area contributed by atoms with Gasteiger partial charge in [-0.25, -0.2) is 0 Å². The lowest BCUT2D eigenvalue weighted by Crippen LogP contribution is -2.42. The summed E-state index contributed by atoms with van der Waals surface area (Å²) in [7, 11) is 1.62. The van der Waals surface area contributed by atoms with Crippen LogP contribution in [0.25, 0.3) is 0 Å². The van der Waals surface area contributed by atoms with Gasteiger partial charge < -0.3 is 11.1 Å². The molecule has 138 valence electrons. The number of thioether (sulfide) groups is 1. The molecule has 27 heavy (non-hydrogen) atoms. The van der Waals surface area contributed by atoms with Gasteiger partial charge in [-0.05, 0) is 16.7 Å². The van der Waals surface area contributed by atoms with Crippen LogP contribution in [0, 0.1) is 0 Å². The smallest absolute Gasteiger partial charge is 0.237 e. The second-order valence-corrected chi connectivity index (χ2v) is 7.55. The van der Waals surface area contributed by atoms with Gasteiger partial charge in [-0.2, -0.15) is 0 Å². The highest BCUT2D eigenvalue weighted by molar-refractivity contribution is 8.00. The lowest BCUT2D eigenvalue weighted by atomic mass is 9.84. The molecule has 0 aliphatic carbocycles. The van der Waals surface area contributed by atoms with Gasteiger partial charge >= 0.3 is 0 Å². The average Bonchev–Trinajstić information content (AvgIpc) is 2.75. The molecule has 3 nitrogen and oxygen atoms in total. The minimum atomic E-state index is -0.574. The highest BCUT2D eigenvalue weighted by Crippen LogP contribution is 2.48. The molecule has 0 heterocycles. The van der Waals surface area contributed by atoms with E-state index < -0.39 is 10.8 Å². The highest BCUT2D eigenvalue weighted by atomic mass is 32.2. The van der Waals surface area contributed by atoms with Crippen molar-refractivity contribution in [2.45, 2.75) is 10.8 Å². The molecule has 0 saturated carbocycles. The first kappa shape index (κ1) is 19.2. The number of benzene rings is 3. The number of hydrogen-bond acceptors (Lipinski definition) is 3. The Morgan fingerprint density at radius 3 is 1.56 bits per heavy atom. The molecule has 0 aromatic heterocycles. The number of carbonyl (C=O) groups is 1. The lowest BCUT2D eigenvalue weighted by Gasteiger charge is -2.36. The maximum absolute atomic E-state index is 12.0. The van der Waals surface area contributed by atoms with Crippen LogP contribution in [0.15, 0.2) is 91.0 Å². The van der Waals surface area contributed by atoms with Crippen LogP contribution in [-0.2, 0) is 9.54 Å². The minimum Gasteiger partial charge on any atom is -0.358 e. The molecule has 0 saturated heterocycles. The van der Waals surface area contributed by atoms with Crippen LogP contribution in [0.2, 0.25) is 0 Å². The number of rotatable bonds is 7. The van der Waals surface area contributed by atoms with E-state index in [2.05, 4.69) is 78.1 Å². The minimum absolute atomic E-state index is 0.148. The van der Waals surface area contributed by atoms with Gasteiger partial charge in [-0.1, -0.05) is 91.0 Å². The molecule has 3 rings (SSSR count). The Kier molecular flexibility index (Phi) is 6.32. The van der Waals surface area contributed by atoms with Gasteiger partial charge in [0, 0.05) is 12.8 Å². The Balaban J connectivity index is 2.15. The van der Waals surface area contributed by atoms with Gasteiger partial charge in [0.1, 0.15) is 0 Å². The first-order valence-corrected chi connectivity index (χ1v) is 9.94. The van der Waals surface area contributed by atoms with E-state index in [0.717, 1.165) is 16.7 Å². The number of likely N-dealkylation sites (N-methyl/N-ethyl adjacent to an activating group) is 1. The predicted molar refractivity (Wildman–Crippen MR) is 114 cm³/mol. The summed E-state index contributed by atoms with van der Waals surface area (Å²) in [5, 5.41) is 2.64. The van der Waals surface area contributed by atoms with E-state index in [0.29, 0.717) is 5.75 Å². The Hall–Kier alpha value is -2.56. The van der Waals surface area contributed by atoms with Gasteiger partial charge in [0.05, 0.1) is 10.8 Å². The van der Waals surface area contributed by atoms with Crippen LogP contribution < -0.4 is 11.1 Å². The second-order valence-electron chi connectivity index (χ2n) is 6.31. The monoisotopic (exact) mass is 376 g/mol. The zero-order valence-corrected chi connectivity index (χ0v) is 16.2. The number of carbonyl (C=O) groups excluding carboxylic acids is 1. The standard InChI is InChI=1S/C23H24N2OS/c1-25-22(26)21(24)17-27-23(18-11-5-2-6-12-18,19-13-7-3-8-14-19)20-15-9-4-10-16-20/h2-16,21H,17,24H2,1H3,(H,25,26)/t21-/m1/s1. The Morgan fingerprint density at radius 2 is 1.22 bits per heavy atom. The fourth-order valence-electron chi connectivity index (χ4n) is 3.24. The third-order valence-corrected chi connectivity index (χ3v) is 6.27. The maximum atomic E-state index is 12.0. The quantitative estimate of drug-likeness (QED) is 0.617. The summed E-state index contributed by atoms with van der Waals surface area (Å²) in [6.45, 7) is 0. The molecule has 0 fully saturated rings. The Bertz CT molecular complexity index is 757. The van der Waals surface area contributed by atoms with Gasteiger partial charge in [0.2, 0.25) is 5.91 Å². The third-order valence-electron chi connectivity index (χ3n) is 4.60. The zero-order chi connectivity index (χ0) is 19.1. The van der Waals surface area contributed by atoms with Gasteiger partial charge in [-0.3, -0.25) is 4.79 Å². The van der Waals surface area contributed by atoms with Gasteiger partial charge in [0.15, 0.2) is 0 Å². The van der Waals surface area contributed by atoms with Crippen molar-refractivity contribution in [3.63, 3.8) is 0 Å². The molecule has 4 heteroatoms. The summed E-state index contributed by atoms with van der Waals surface area (Å²) in [5.74, 6) is 0.351. The molecule has 0 unspecified atom stereocenters. The molecule has 0 bridgehead atoms. The fourth-order valence-corrected chi connectivity index (χ4v) is 4.73. The van der Waals surface area contributed by atoms with Crippen molar-refractivity contribution in [1.29, 1.82) is 0 Å². The SMILES string of the molecule is CNC(=O)[C@H](N)CSC(c1ccccc1)(c1ccccc1)c1ccccc1. The normalized spacial score (nSPS) is 12.4. The number of nitrogens with two attached hydrogens (primary N) is 1. The predicted octanol–water partition coefficient (Wildman–Crippen LogP) is 3.79. The molecule has 3 aromatic carbocycles. The topological polar surface area (TPSA) is 55.1 Å². The molecule has 0 aliphatic heterocycles. The van der Waals surface area contributed by atoms with Crippen LogP contribution in [0.1, 0.15) is 16.7 Å². The van der Waals surface area contributed by atoms with E-state index >= 15 is 0 Å². The molecule has 0 aliphatic rings. The van der Waals surface area contributed by atoms with Crippen LogP contribution in [0.4, 0.5) is 0 Å². The first-order valence-electron chi connectivity index (χ1n) is 8.96. The second kappa shape index (κ2) is 8.89. The van der Waals surface area contributed by atoms with Crippen molar-refractivity contribution in [3.05, 3.63) is 108 Å². The van der Waals surface area contributed by atoms with Crippen molar-refractivity contribution < 1.29 is 4.79 Å². The number of amides is 1. The summed E-state index contributed by atoms with van der Waals surface area (Å²) < 4.78 is -0.449. The van der Waals surface area contributed by atoms with Crippen molar-refractivity contribution in [1.82, 2.24) is 5.32 Å². The summed E-state index contributed by atoms with van der Waals surface area (Å²) in [5.41, 5.74) is 9.63. The van der Waals surface area contributed by atoms with Crippen LogP contribution in [0.3, 0.4) is 0 Å². The molecular formula is C23H24N2OS. The van der Waals surface area contributed by atoms with E-state index in [-0.39, 0.29) is 5.91 Å². The number of hydrogen-bond donors (Lipinski definition) is 2. The average molecular weight is 377 g/mol. The van der Waals surface area contributed by atoms with E-state index in [1.807, 2.05) is 18.2 Å². The van der Waals surface area contributed by atoms with Gasteiger partial charge in [-0.15, -0.1) is 11.8 Å². The van der Waals surface area contributed by atoms with Crippen molar-refractivity contribution in [2.24, 2.45) is 5.73 Å². The molecular weight excluding hydrogens is 352 g/mol. The van der Waals surface area contributed by atoms with E-state index in [1.54, 1.807) is 18.8 Å². The zero-order valence-electron chi connectivity index (χ0n) is 15.3. The van der Waals surface area contributed by atoms with E-state index in [1.165, 1.54) is 0 Å².